The molecule has 0 saturated carbocycles. The Morgan fingerprint density at radius 3 is 2.15 bits per heavy atom. The number of ether oxygens (including phenoxy) is 1. The summed E-state index contributed by atoms with van der Waals surface area (Å²) in [5.41, 5.74) is 1.57. The van der Waals surface area contributed by atoms with E-state index in [-0.39, 0.29) is 35.8 Å². The van der Waals surface area contributed by atoms with E-state index in [1.165, 1.54) is 35.5 Å². The molecule has 0 bridgehead atoms. The predicted octanol–water partition coefficient (Wildman–Crippen LogP) is 2.30. The summed E-state index contributed by atoms with van der Waals surface area (Å²) in [4.78, 5) is 25.8. The summed E-state index contributed by atoms with van der Waals surface area (Å²) < 4.78 is 32.3. The quantitative estimate of drug-likeness (QED) is 0.635. The van der Waals surface area contributed by atoms with Gasteiger partial charge < -0.3 is 15.0 Å². The Hall–Kier alpha value is -2.91. The van der Waals surface area contributed by atoms with Crippen LogP contribution in [0.3, 0.4) is 0 Å². The van der Waals surface area contributed by atoms with Crippen molar-refractivity contribution in [3.8, 4) is 5.75 Å². The summed E-state index contributed by atoms with van der Waals surface area (Å²) in [6.07, 6.45) is 1.59. The van der Waals surface area contributed by atoms with Gasteiger partial charge in [0.1, 0.15) is 5.75 Å². The molecular weight excluding hydrogens is 442 g/mol. The Morgan fingerprint density at radius 1 is 1.00 bits per heavy atom. The molecule has 0 spiro atoms. The van der Waals surface area contributed by atoms with Gasteiger partial charge in [-0.1, -0.05) is 12.1 Å². The Bertz CT molecular complexity index is 1060. The highest BCUT2D eigenvalue weighted by molar-refractivity contribution is 7.89. The third-order valence-electron chi connectivity index (χ3n) is 5.84. The van der Waals surface area contributed by atoms with Gasteiger partial charge in [0.25, 0.3) is 5.91 Å². The fourth-order valence-electron chi connectivity index (χ4n) is 3.73. The molecule has 0 aromatic heterocycles. The molecule has 0 radical (unpaired) electrons. The number of amides is 2. The van der Waals surface area contributed by atoms with Crippen molar-refractivity contribution in [3.63, 3.8) is 0 Å². The molecule has 1 fully saturated rings. The lowest BCUT2D eigenvalue weighted by Gasteiger charge is -2.33. The van der Waals surface area contributed by atoms with Gasteiger partial charge in [0.2, 0.25) is 15.9 Å². The molecule has 8 nitrogen and oxygen atoms in total. The highest BCUT2D eigenvalue weighted by Crippen LogP contribution is 2.19. The third kappa shape index (κ3) is 6.33. The molecule has 0 aliphatic carbocycles. The van der Waals surface area contributed by atoms with Crippen LogP contribution in [0, 0.1) is 0 Å². The summed E-state index contributed by atoms with van der Waals surface area (Å²) in [5, 5.41) is 2.97. The second-order valence-electron chi connectivity index (χ2n) is 8.20. The molecule has 1 aliphatic heterocycles. The van der Waals surface area contributed by atoms with Crippen LogP contribution >= 0.6 is 0 Å². The van der Waals surface area contributed by atoms with Crippen molar-refractivity contribution in [3.05, 3.63) is 59.7 Å². The van der Waals surface area contributed by atoms with E-state index < -0.39 is 10.0 Å². The highest BCUT2D eigenvalue weighted by Gasteiger charge is 2.29. The van der Waals surface area contributed by atoms with Crippen LogP contribution in [0.4, 0.5) is 0 Å². The number of carbonyl (C=O) groups is 2. The second-order valence-corrected chi connectivity index (χ2v) is 10.1. The van der Waals surface area contributed by atoms with E-state index in [9.17, 15) is 18.0 Å². The van der Waals surface area contributed by atoms with Gasteiger partial charge in [-0.05, 0) is 61.7 Å². The Kier molecular flexibility index (Phi) is 8.10. The van der Waals surface area contributed by atoms with Gasteiger partial charge in [0.15, 0.2) is 0 Å². The molecule has 1 heterocycles. The van der Waals surface area contributed by atoms with E-state index in [0.29, 0.717) is 18.7 Å². The van der Waals surface area contributed by atoms with Crippen LogP contribution in [0.2, 0.25) is 0 Å². The van der Waals surface area contributed by atoms with Crippen molar-refractivity contribution in [2.24, 2.45) is 0 Å². The first kappa shape index (κ1) is 24.7. The molecule has 33 heavy (non-hydrogen) atoms. The molecule has 2 aromatic carbocycles. The highest BCUT2D eigenvalue weighted by atomic mass is 32.2. The Morgan fingerprint density at radius 2 is 1.61 bits per heavy atom. The molecule has 2 amide bonds. The van der Waals surface area contributed by atoms with E-state index in [4.69, 9.17) is 4.74 Å². The molecule has 1 aliphatic rings. The van der Waals surface area contributed by atoms with E-state index in [0.717, 1.165) is 24.2 Å². The number of carbonyl (C=O) groups excluding carboxylic acids is 2. The van der Waals surface area contributed by atoms with Gasteiger partial charge in [-0.3, -0.25) is 9.59 Å². The lowest BCUT2D eigenvalue weighted by Crippen LogP contribution is -2.49. The Balaban J connectivity index is 1.54. The lowest BCUT2D eigenvalue weighted by molar-refractivity contribution is -0.129. The van der Waals surface area contributed by atoms with Crippen molar-refractivity contribution >= 4 is 21.8 Å². The number of hydrogen-bond acceptors (Lipinski definition) is 5. The Labute approximate surface area is 195 Å². The minimum atomic E-state index is -3.67. The lowest BCUT2D eigenvalue weighted by atomic mass is 10.1. The van der Waals surface area contributed by atoms with E-state index in [1.54, 1.807) is 12.0 Å². The minimum absolute atomic E-state index is 0.0411. The number of nitrogens with one attached hydrogen (secondary N) is 1. The zero-order chi connectivity index (χ0) is 24.0. The first-order chi connectivity index (χ1) is 15.7. The predicted molar refractivity (Wildman–Crippen MR) is 126 cm³/mol. The maximum absolute atomic E-state index is 12.9. The van der Waals surface area contributed by atoms with Crippen LogP contribution in [0.25, 0.3) is 0 Å². The van der Waals surface area contributed by atoms with Crippen molar-refractivity contribution in [1.82, 2.24) is 14.5 Å². The number of piperazine rings is 1. The average molecular weight is 474 g/mol. The summed E-state index contributed by atoms with van der Waals surface area (Å²) in [6, 6.07) is 13.8. The number of rotatable bonds is 8. The van der Waals surface area contributed by atoms with E-state index >= 15 is 0 Å². The van der Waals surface area contributed by atoms with Gasteiger partial charge in [-0.25, -0.2) is 8.42 Å². The summed E-state index contributed by atoms with van der Waals surface area (Å²) in [6.45, 7) is 4.70. The van der Waals surface area contributed by atoms with Crippen LogP contribution in [0.15, 0.2) is 53.4 Å². The zero-order valence-electron chi connectivity index (χ0n) is 19.3. The number of hydrogen-bond donors (Lipinski definition) is 1. The SMILES string of the molecule is COc1ccc(CCC(C)NC(=O)c2ccc(S(=O)(=O)N3CCN(C(C)=O)CC3)cc2)cc1. The van der Waals surface area contributed by atoms with Crippen molar-refractivity contribution < 1.29 is 22.7 Å². The standard InChI is InChI=1S/C24H31N3O5S/c1-18(4-5-20-6-10-22(32-3)11-7-20)25-24(29)21-8-12-23(13-9-21)33(30,31)27-16-14-26(15-17-27)19(2)28/h6-13,18H,4-5,14-17H2,1-3H3,(H,25,29). The largest absolute Gasteiger partial charge is 0.497 e. The van der Waals surface area contributed by atoms with Crippen LogP contribution in [-0.4, -0.2) is 68.8 Å². The molecule has 1 N–H and O–H groups in total. The minimum Gasteiger partial charge on any atom is -0.497 e. The number of methoxy groups -OCH3 is 1. The molecule has 178 valence electrons. The fourth-order valence-corrected chi connectivity index (χ4v) is 5.15. The summed E-state index contributed by atoms with van der Waals surface area (Å²) in [7, 11) is -2.04. The topological polar surface area (TPSA) is 96.0 Å². The number of benzene rings is 2. The fraction of sp³-hybridized carbons (Fsp3) is 0.417. The molecular formula is C24H31N3O5S. The molecule has 1 atom stereocenters. The zero-order valence-corrected chi connectivity index (χ0v) is 20.1. The van der Waals surface area contributed by atoms with Crippen molar-refractivity contribution in [2.45, 2.75) is 37.6 Å². The van der Waals surface area contributed by atoms with Crippen LogP contribution < -0.4 is 10.1 Å². The van der Waals surface area contributed by atoms with Crippen LogP contribution in [0.5, 0.6) is 5.75 Å². The first-order valence-corrected chi connectivity index (χ1v) is 12.4. The van der Waals surface area contributed by atoms with Gasteiger partial charge in [-0.15, -0.1) is 0 Å². The maximum Gasteiger partial charge on any atom is 0.251 e. The first-order valence-electron chi connectivity index (χ1n) is 11.0. The molecule has 2 aromatic rings. The van der Waals surface area contributed by atoms with Crippen molar-refractivity contribution in [1.29, 1.82) is 0 Å². The molecule has 1 unspecified atom stereocenters. The molecule has 9 heteroatoms. The number of nitrogens with zero attached hydrogens (tertiary/aromatic N) is 2. The third-order valence-corrected chi connectivity index (χ3v) is 7.75. The van der Waals surface area contributed by atoms with Crippen molar-refractivity contribution in [2.75, 3.05) is 33.3 Å². The molecule has 3 rings (SSSR count). The normalized spacial score (nSPS) is 15.7. The van der Waals surface area contributed by atoms with Gasteiger partial charge in [0.05, 0.1) is 12.0 Å². The number of aryl methyl sites for hydroxylation is 1. The second kappa shape index (κ2) is 10.8. The number of sulfonamides is 1. The van der Waals surface area contributed by atoms with Gasteiger partial charge >= 0.3 is 0 Å². The summed E-state index contributed by atoms with van der Waals surface area (Å²) in [5.74, 6) is 0.515. The smallest absolute Gasteiger partial charge is 0.251 e. The monoisotopic (exact) mass is 473 g/mol. The van der Waals surface area contributed by atoms with Gasteiger partial charge in [0, 0.05) is 44.7 Å². The van der Waals surface area contributed by atoms with Crippen LogP contribution in [-0.2, 0) is 21.2 Å². The van der Waals surface area contributed by atoms with Gasteiger partial charge in [-0.2, -0.15) is 4.31 Å². The average Bonchev–Trinajstić information content (AvgIpc) is 2.83. The van der Waals surface area contributed by atoms with E-state index in [2.05, 4.69) is 5.32 Å². The van der Waals surface area contributed by atoms with E-state index in [1.807, 2.05) is 31.2 Å². The summed E-state index contributed by atoms with van der Waals surface area (Å²) >= 11 is 0. The molecule has 1 saturated heterocycles. The van der Waals surface area contributed by atoms with Crippen LogP contribution in [0.1, 0.15) is 36.2 Å². The maximum atomic E-state index is 12.9.